The number of carbonyl (C=O) groups is 3. The smallest absolute Gasteiger partial charge is 0.303 e. The molecule has 0 aliphatic heterocycles. The molecular weight excluding hydrogens is 444 g/mol. The van der Waals surface area contributed by atoms with Crippen LogP contribution >= 0.6 is 0 Å². The first-order valence-electron chi connectivity index (χ1n) is 12.7. The zero-order valence-corrected chi connectivity index (χ0v) is 21.7. The number of unbranched alkanes of at least 4 members (excludes halogenated alkanes) is 12. The maximum absolute atomic E-state index is 10.3. The van der Waals surface area contributed by atoms with Crippen molar-refractivity contribution >= 4 is 17.9 Å². The third-order valence-electron chi connectivity index (χ3n) is 4.52. The lowest BCUT2D eigenvalue weighted by Gasteiger charge is -2.02. The molecule has 9 heteroatoms. The van der Waals surface area contributed by atoms with Gasteiger partial charge >= 0.3 is 17.9 Å². The molecule has 6 N–H and O–H groups in total. The van der Waals surface area contributed by atoms with E-state index in [9.17, 15) is 14.4 Å². The van der Waals surface area contributed by atoms with Gasteiger partial charge in [0.15, 0.2) is 0 Å². The lowest BCUT2D eigenvalue weighted by atomic mass is 10.0. The highest BCUT2D eigenvalue weighted by atomic mass is 16.4. The number of aliphatic carboxylic acids is 3. The van der Waals surface area contributed by atoms with Crippen molar-refractivity contribution in [2.24, 2.45) is 0 Å². The molecule has 0 aliphatic carbocycles. The Morgan fingerprint density at radius 2 is 0.794 bits per heavy atom. The zero-order valence-electron chi connectivity index (χ0n) is 21.7. The summed E-state index contributed by atoms with van der Waals surface area (Å²) in [5.74, 6) is -2.15. The molecule has 206 valence electrons. The van der Waals surface area contributed by atoms with Gasteiger partial charge in [0.1, 0.15) is 6.10 Å². The number of carboxylic acids is 3. The summed E-state index contributed by atoms with van der Waals surface area (Å²) in [7, 11) is 0. The van der Waals surface area contributed by atoms with E-state index in [0.717, 1.165) is 12.8 Å². The Kier molecular flexibility index (Phi) is 41.7. The third kappa shape index (κ3) is 57.3. The first-order chi connectivity index (χ1) is 16.1. The molecule has 0 unspecified atom stereocenters. The molecule has 0 bridgehead atoms. The van der Waals surface area contributed by atoms with Crippen LogP contribution in [0.15, 0.2) is 0 Å². The molecule has 0 saturated carbocycles. The van der Waals surface area contributed by atoms with Crippen LogP contribution in [0.2, 0.25) is 0 Å². The second kappa shape index (κ2) is 35.9. The van der Waals surface area contributed by atoms with Crippen molar-refractivity contribution in [1.29, 1.82) is 0 Å². The van der Waals surface area contributed by atoms with E-state index in [1.54, 1.807) is 13.8 Å². The summed E-state index contributed by atoms with van der Waals surface area (Å²) in [6.07, 6.45) is 16.8. The quantitative estimate of drug-likeness (QED) is 0.145. The molecule has 0 fully saturated rings. The van der Waals surface area contributed by atoms with Gasteiger partial charge in [-0.1, -0.05) is 97.8 Å². The Morgan fingerprint density at radius 3 is 0.971 bits per heavy atom. The second-order valence-corrected chi connectivity index (χ2v) is 7.90. The van der Waals surface area contributed by atoms with Crippen LogP contribution < -0.4 is 0 Å². The van der Waals surface area contributed by atoms with Crippen LogP contribution in [-0.4, -0.2) is 67.9 Å². The van der Waals surface area contributed by atoms with Crippen LogP contribution in [0, 0.1) is 0 Å². The standard InChI is InChI=1S/C16H32O2.C3H8O3.2C3H6O2/c1-2-3-4-5-6-7-8-9-10-11-12-13-14-15-16(17)18;4-1-3(6)2-5;2*1-2-3(4)5/h2-15H2,1H3,(H,17,18);3-6H,1-2H2;2*2H2,1H3,(H,4,5). The first kappa shape index (κ1) is 39.5. The lowest BCUT2D eigenvalue weighted by Crippen LogP contribution is -2.15. The monoisotopic (exact) mass is 496 g/mol. The van der Waals surface area contributed by atoms with Crippen molar-refractivity contribution in [3.63, 3.8) is 0 Å². The molecule has 0 atom stereocenters. The van der Waals surface area contributed by atoms with Gasteiger partial charge in [-0.15, -0.1) is 0 Å². The summed E-state index contributed by atoms with van der Waals surface area (Å²) in [5, 5.41) is 48.0. The molecule has 0 heterocycles. The number of hydrogen-bond acceptors (Lipinski definition) is 6. The fourth-order valence-electron chi connectivity index (χ4n) is 2.35. The lowest BCUT2D eigenvalue weighted by molar-refractivity contribution is -0.138. The fourth-order valence-corrected chi connectivity index (χ4v) is 2.35. The minimum absolute atomic E-state index is 0.222. The average molecular weight is 497 g/mol. The Bertz CT molecular complexity index is 411. The maximum Gasteiger partial charge on any atom is 0.303 e. The van der Waals surface area contributed by atoms with Crippen LogP contribution in [0.3, 0.4) is 0 Å². The van der Waals surface area contributed by atoms with Gasteiger partial charge < -0.3 is 30.6 Å². The summed E-state index contributed by atoms with van der Waals surface area (Å²) in [5.41, 5.74) is 0. The topological polar surface area (TPSA) is 173 Å². The molecule has 9 nitrogen and oxygen atoms in total. The minimum Gasteiger partial charge on any atom is -0.481 e. The summed E-state index contributed by atoms with van der Waals surface area (Å²) >= 11 is 0. The molecule has 34 heavy (non-hydrogen) atoms. The van der Waals surface area contributed by atoms with Crippen LogP contribution in [-0.2, 0) is 14.4 Å². The second-order valence-electron chi connectivity index (χ2n) is 7.90. The van der Waals surface area contributed by atoms with Crippen molar-refractivity contribution in [3.05, 3.63) is 0 Å². The van der Waals surface area contributed by atoms with Crippen molar-refractivity contribution < 1.29 is 45.0 Å². The van der Waals surface area contributed by atoms with Crippen LogP contribution in [0.1, 0.15) is 124 Å². The Balaban J connectivity index is -0.000000228. The van der Waals surface area contributed by atoms with Crippen LogP contribution in [0.4, 0.5) is 0 Å². The Morgan fingerprint density at radius 1 is 0.529 bits per heavy atom. The van der Waals surface area contributed by atoms with E-state index < -0.39 is 24.0 Å². The Labute approximate surface area is 206 Å². The van der Waals surface area contributed by atoms with Gasteiger partial charge in [0.05, 0.1) is 13.2 Å². The predicted molar refractivity (Wildman–Crippen MR) is 134 cm³/mol. The van der Waals surface area contributed by atoms with E-state index in [2.05, 4.69) is 6.92 Å². The van der Waals surface area contributed by atoms with E-state index in [4.69, 9.17) is 30.6 Å². The van der Waals surface area contributed by atoms with Gasteiger partial charge in [-0.25, -0.2) is 0 Å². The molecule has 0 aliphatic rings. The van der Waals surface area contributed by atoms with Crippen molar-refractivity contribution in [2.45, 2.75) is 130 Å². The normalized spacial score (nSPS) is 9.62. The molecule has 0 amide bonds. The molecule has 0 spiro atoms. The largest absolute Gasteiger partial charge is 0.481 e. The fraction of sp³-hybridized carbons (Fsp3) is 0.880. The van der Waals surface area contributed by atoms with E-state index in [-0.39, 0.29) is 26.1 Å². The molecule has 0 rings (SSSR count). The highest BCUT2D eigenvalue weighted by Gasteiger charge is 1.97. The zero-order chi connectivity index (χ0) is 27.0. The summed E-state index contributed by atoms with van der Waals surface area (Å²) in [4.78, 5) is 29.0. The van der Waals surface area contributed by atoms with Crippen LogP contribution in [0.25, 0.3) is 0 Å². The number of rotatable bonds is 18. The van der Waals surface area contributed by atoms with E-state index in [1.165, 1.54) is 70.6 Å². The third-order valence-corrected chi connectivity index (χ3v) is 4.52. The number of hydrogen-bond donors (Lipinski definition) is 6. The summed E-state index contributed by atoms with van der Waals surface area (Å²) in [6.45, 7) is 4.73. The van der Waals surface area contributed by atoms with Crippen molar-refractivity contribution in [2.75, 3.05) is 13.2 Å². The van der Waals surface area contributed by atoms with E-state index in [0.29, 0.717) is 6.42 Å². The molecule has 0 aromatic rings. The summed E-state index contributed by atoms with van der Waals surface area (Å²) < 4.78 is 0. The molecule has 0 aromatic heterocycles. The maximum atomic E-state index is 10.3. The van der Waals surface area contributed by atoms with Gasteiger partial charge in [-0.3, -0.25) is 14.4 Å². The highest BCUT2D eigenvalue weighted by molar-refractivity contribution is 5.66. The van der Waals surface area contributed by atoms with Crippen molar-refractivity contribution in [3.8, 4) is 0 Å². The minimum atomic E-state index is -0.954. The SMILES string of the molecule is CCC(=O)O.CCC(=O)O.CCCCCCCCCCCCCCCC(=O)O.OCC(O)CO. The van der Waals surface area contributed by atoms with E-state index in [1.807, 2.05) is 0 Å². The first-order valence-corrected chi connectivity index (χ1v) is 12.7. The van der Waals surface area contributed by atoms with Gasteiger partial charge in [-0.2, -0.15) is 0 Å². The predicted octanol–water partition coefficient (Wildman–Crippen LogP) is 4.85. The van der Waals surface area contributed by atoms with Gasteiger partial charge in [0.2, 0.25) is 0 Å². The highest BCUT2D eigenvalue weighted by Crippen LogP contribution is 2.12. The molecular formula is C25H52O9. The average Bonchev–Trinajstić information content (AvgIpc) is 2.82. The molecule has 0 saturated heterocycles. The molecule has 0 aromatic carbocycles. The van der Waals surface area contributed by atoms with Crippen LogP contribution in [0.5, 0.6) is 0 Å². The van der Waals surface area contributed by atoms with Crippen molar-refractivity contribution in [1.82, 2.24) is 0 Å². The van der Waals surface area contributed by atoms with Gasteiger partial charge in [0, 0.05) is 19.3 Å². The number of carboxylic acid groups (broad SMARTS) is 3. The Hall–Kier alpha value is -1.71. The molecule has 0 radical (unpaired) electrons. The van der Waals surface area contributed by atoms with Gasteiger partial charge in [-0.05, 0) is 6.42 Å². The summed E-state index contributed by atoms with van der Waals surface area (Å²) in [6, 6.07) is 0. The number of aliphatic hydroxyl groups excluding tert-OH is 3. The van der Waals surface area contributed by atoms with E-state index >= 15 is 0 Å². The van der Waals surface area contributed by atoms with Gasteiger partial charge in [0.25, 0.3) is 0 Å². The number of aliphatic hydroxyl groups is 3.